The van der Waals surface area contributed by atoms with Crippen LogP contribution in [0.15, 0.2) is 52.7 Å². The monoisotopic (exact) mass is 382 g/mol. The molecule has 0 aliphatic rings. The molecule has 2 heterocycles. The van der Waals surface area contributed by atoms with E-state index in [-0.39, 0.29) is 13.1 Å². The van der Waals surface area contributed by atoms with E-state index in [9.17, 15) is 22.0 Å². The molecule has 0 saturated carbocycles. The van der Waals surface area contributed by atoms with Crippen LogP contribution in [-0.4, -0.2) is 39.5 Å². The second kappa shape index (κ2) is 7.09. The highest BCUT2D eigenvalue weighted by Gasteiger charge is 2.16. The molecule has 0 spiro atoms. The summed E-state index contributed by atoms with van der Waals surface area (Å²) in [6.45, 7) is -0.313. The van der Waals surface area contributed by atoms with E-state index in [0.717, 1.165) is 4.68 Å². The van der Waals surface area contributed by atoms with E-state index < -0.39 is 32.1 Å². The standard InChI is InChI=1S/C14H12F2N6O3S/c15-10-5-11(16)7-12(6-10)26(24,25)19-3-4-21-14(23)2-1-13(20-21)22-9-17-8-18-22/h1-2,5-9,19H,3-4H2. The Hall–Kier alpha value is -2.99. The van der Waals surface area contributed by atoms with Crippen LogP contribution in [0.1, 0.15) is 0 Å². The number of nitrogens with zero attached hydrogens (tertiary/aromatic N) is 5. The van der Waals surface area contributed by atoms with E-state index in [1.54, 1.807) is 0 Å². The Balaban J connectivity index is 1.73. The number of hydrogen-bond donors (Lipinski definition) is 1. The first-order valence-electron chi connectivity index (χ1n) is 7.24. The molecule has 0 aliphatic heterocycles. The van der Waals surface area contributed by atoms with Crippen molar-refractivity contribution in [3.8, 4) is 5.82 Å². The van der Waals surface area contributed by atoms with E-state index >= 15 is 0 Å². The molecule has 0 saturated heterocycles. The molecule has 12 heteroatoms. The summed E-state index contributed by atoms with van der Waals surface area (Å²) in [7, 11) is -4.14. The van der Waals surface area contributed by atoms with Gasteiger partial charge in [-0.3, -0.25) is 4.79 Å². The van der Waals surface area contributed by atoms with Gasteiger partial charge < -0.3 is 0 Å². The average molecular weight is 382 g/mol. The van der Waals surface area contributed by atoms with Crippen molar-refractivity contribution in [1.82, 2.24) is 29.3 Å². The van der Waals surface area contributed by atoms with Crippen LogP contribution in [0.5, 0.6) is 0 Å². The highest BCUT2D eigenvalue weighted by Crippen LogP contribution is 2.13. The fourth-order valence-electron chi connectivity index (χ4n) is 2.10. The summed E-state index contributed by atoms with van der Waals surface area (Å²) in [6, 6.07) is 4.65. The molecule has 0 unspecified atom stereocenters. The third-order valence-electron chi connectivity index (χ3n) is 3.27. The van der Waals surface area contributed by atoms with Crippen LogP contribution in [0.4, 0.5) is 8.78 Å². The normalized spacial score (nSPS) is 11.6. The SMILES string of the molecule is O=c1ccc(-n2cncn2)nn1CCNS(=O)(=O)c1cc(F)cc(F)c1. The number of halogens is 2. The first kappa shape index (κ1) is 17.8. The molecule has 0 atom stereocenters. The maximum atomic E-state index is 13.2. The summed E-state index contributed by atoms with van der Waals surface area (Å²) < 4.78 is 55.1. The van der Waals surface area contributed by atoms with Crippen molar-refractivity contribution >= 4 is 10.0 Å². The van der Waals surface area contributed by atoms with Crippen molar-refractivity contribution < 1.29 is 17.2 Å². The van der Waals surface area contributed by atoms with Gasteiger partial charge in [-0.2, -0.15) is 5.10 Å². The minimum absolute atomic E-state index is 0.0988. The van der Waals surface area contributed by atoms with Crippen LogP contribution in [-0.2, 0) is 16.6 Å². The zero-order chi connectivity index (χ0) is 18.7. The molecule has 0 radical (unpaired) electrons. The van der Waals surface area contributed by atoms with Crippen LogP contribution in [0.25, 0.3) is 5.82 Å². The smallest absolute Gasteiger partial charge is 0.266 e. The van der Waals surface area contributed by atoms with Gasteiger partial charge in [0.25, 0.3) is 5.56 Å². The zero-order valence-corrected chi connectivity index (χ0v) is 13.9. The highest BCUT2D eigenvalue weighted by atomic mass is 32.2. The maximum Gasteiger partial charge on any atom is 0.266 e. The Morgan fingerprint density at radius 2 is 1.85 bits per heavy atom. The third-order valence-corrected chi connectivity index (χ3v) is 4.71. The molecule has 136 valence electrons. The summed E-state index contributed by atoms with van der Waals surface area (Å²) in [5.41, 5.74) is -0.454. The van der Waals surface area contributed by atoms with Crippen LogP contribution < -0.4 is 10.3 Å². The van der Waals surface area contributed by atoms with Gasteiger partial charge in [0.15, 0.2) is 5.82 Å². The summed E-state index contributed by atoms with van der Waals surface area (Å²) >= 11 is 0. The maximum absolute atomic E-state index is 13.2. The van der Waals surface area contributed by atoms with Gasteiger partial charge >= 0.3 is 0 Å². The Labute approximate surface area is 146 Å². The van der Waals surface area contributed by atoms with Crippen molar-refractivity contribution in [1.29, 1.82) is 0 Å². The van der Waals surface area contributed by atoms with Crippen LogP contribution >= 0.6 is 0 Å². The Bertz CT molecular complexity index is 1060. The first-order chi connectivity index (χ1) is 12.3. The minimum Gasteiger partial charge on any atom is -0.268 e. The van der Waals surface area contributed by atoms with Gasteiger partial charge in [-0.1, -0.05) is 0 Å². The van der Waals surface area contributed by atoms with Crippen LogP contribution in [0.3, 0.4) is 0 Å². The fraction of sp³-hybridized carbons (Fsp3) is 0.143. The van der Waals surface area contributed by atoms with Crippen molar-refractivity contribution in [2.45, 2.75) is 11.4 Å². The van der Waals surface area contributed by atoms with E-state index in [1.165, 1.54) is 29.5 Å². The van der Waals surface area contributed by atoms with E-state index in [2.05, 4.69) is 19.9 Å². The Morgan fingerprint density at radius 3 is 2.50 bits per heavy atom. The molecule has 1 N–H and O–H groups in total. The molecule has 1 aromatic carbocycles. The highest BCUT2D eigenvalue weighted by molar-refractivity contribution is 7.89. The lowest BCUT2D eigenvalue weighted by molar-refractivity contribution is 0.538. The Morgan fingerprint density at radius 1 is 1.12 bits per heavy atom. The number of nitrogens with one attached hydrogen (secondary N) is 1. The van der Waals surface area contributed by atoms with Gasteiger partial charge in [-0.05, 0) is 18.2 Å². The van der Waals surface area contributed by atoms with Crippen molar-refractivity contribution in [2.75, 3.05) is 6.54 Å². The Kier molecular flexibility index (Phi) is 4.86. The van der Waals surface area contributed by atoms with Gasteiger partial charge in [-0.15, -0.1) is 5.10 Å². The third kappa shape index (κ3) is 3.97. The zero-order valence-electron chi connectivity index (χ0n) is 13.1. The van der Waals surface area contributed by atoms with Crippen LogP contribution in [0.2, 0.25) is 0 Å². The molecule has 2 aromatic heterocycles. The van der Waals surface area contributed by atoms with Crippen LogP contribution in [0, 0.1) is 11.6 Å². The fourth-order valence-corrected chi connectivity index (χ4v) is 3.16. The topological polar surface area (TPSA) is 112 Å². The lowest BCUT2D eigenvalue weighted by Crippen LogP contribution is -2.32. The number of rotatable bonds is 6. The minimum atomic E-state index is -4.14. The summed E-state index contributed by atoms with van der Waals surface area (Å²) in [6.07, 6.45) is 2.68. The molecule has 0 aliphatic carbocycles. The largest absolute Gasteiger partial charge is 0.268 e. The number of sulfonamides is 1. The average Bonchev–Trinajstić information content (AvgIpc) is 3.10. The van der Waals surface area contributed by atoms with Gasteiger partial charge in [0.1, 0.15) is 24.3 Å². The summed E-state index contributed by atoms with van der Waals surface area (Å²) in [5, 5.41) is 7.92. The number of aromatic nitrogens is 5. The second-order valence-electron chi connectivity index (χ2n) is 5.10. The molecular formula is C14H12F2N6O3S. The number of benzene rings is 1. The van der Waals surface area contributed by atoms with Gasteiger partial charge in [-0.25, -0.2) is 36.3 Å². The lowest BCUT2D eigenvalue weighted by atomic mass is 10.3. The summed E-state index contributed by atoms with van der Waals surface area (Å²) in [4.78, 5) is 15.0. The molecular weight excluding hydrogens is 370 g/mol. The van der Waals surface area contributed by atoms with Crippen molar-refractivity contribution in [2.24, 2.45) is 0 Å². The first-order valence-corrected chi connectivity index (χ1v) is 8.72. The van der Waals surface area contributed by atoms with E-state index in [0.29, 0.717) is 24.0 Å². The predicted octanol–water partition coefficient (Wildman–Crippen LogP) is 0.0807. The van der Waals surface area contributed by atoms with Gasteiger partial charge in [0, 0.05) is 18.7 Å². The van der Waals surface area contributed by atoms with E-state index in [1.807, 2.05) is 0 Å². The van der Waals surface area contributed by atoms with Gasteiger partial charge in [0.05, 0.1) is 11.4 Å². The molecule has 0 amide bonds. The van der Waals surface area contributed by atoms with Crippen molar-refractivity contribution in [3.05, 3.63) is 65.0 Å². The molecule has 3 aromatic rings. The molecule has 3 rings (SSSR count). The predicted molar refractivity (Wildman–Crippen MR) is 85.0 cm³/mol. The quantitative estimate of drug-likeness (QED) is 0.646. The lowest BCUT2D eigenvalue weighted by Gasteiger charge is -2.09. The molecule has 0 fully saturated rings. The molecule has 26 heavy (non-hydrogen) atoms. The summed E-state index contributed by atoms with van der Waals surface area (Å²) in [5.74, 6) is -1.70. The van der Waals surface area contributed by atoms with Crippen molar-refractivity contribution in [3.63, 3.8) is 0 Å². The van der Waals surface area contributed by atoms with Gasteiger partial charge in [0.2, 0.25) is 10.0 Å². The number of hydrogen-bond acceptors (Lipinski definition) is 6. The molecule has 0 bridgehead atoms. The molecule has 9 nitrogen and oxygen atoms in total. The second-order valence-corrected chi connectivity index (χ2v) is 6.86. The van der Waals surface area contributed by atoms with E-state index in [4.69, 9.17) is 0 Å².